The Bertz CT molecular complexity index is 1010. The molecule has 0 spiro atoms. The number of carbonyl (C=O) groups excluding carboxylic acids is 1. The van der Waals surface area contributed by atoms with Gasteiger partial charge >= 0.3 is 0 Å². The molecule has 0 saturated carbocycles. The number of piperidine rings is 1. The lowest BCUT2D eigenvalue weighted by Gasteiger charge is -2.31. The molecule has 8 heteroatoms. The lowest BCUT2D eigenvalue weighted by atomic mass is 10.0. The van der Waals surface area contributed by atoms with Crippen LogP contribution in [0.25, 0.3) is 22.4 Å². The van der Waals surface area contributed by atoms with E-state index in [0.29, 0.717) is 17.9 Å². The highest BCUT2D eigenvalue weighted by Crippen LogP contribution is 2.32. The molecule has 1 fully saturated rings. The first-order valence-corrected chi connectivity index (χ1v) is 8.82. The number of aromatic nitrogens is 4. The summed E-state index contributed by atoms with van der Waals surface area (Å²) in [5.41, 5.74) is 10.5. The molecule has 0 radical (unpaired) electrons. The standard InChI is InChI=1S/C18H19N7O/c19-18-23-14(15-16(24-18)22-9-21-15)10-3-4-13-11(6-10)8-25(17(13)26)12-2-1-5-20-7-12/h3-4,6,9,12,20H,1-2,5,7-8H2,(H3,19,21,22,23,24). The SMILES string of the molecule is Nc1nc(-c2ccc3c(c2)CN(C2CCCNC2)C3=O)c2[nH]cnc2n1. The first-order chi connectivity index (χ1) is 12.7. The van der Waals surface area contributed by atoms with E-state index in [1.165, 1.54) is 0 Å². The zero-order chi connectivity index (χ0) is 17.7. The van der Waals surface area contributed by atoms with Crippen LogP contribution in [-0.4, -0.2) is 49.9 Å². The average Bonchev–Trinajstić information content (AvgIpc) is 3.26. The van der Waals surface area contributed by atoms with E-state index in [2.05, 4.69) is 25.3 Å². The molecule has 4 heterocycles. The first kappa shape index (κ1) is 15.3. The molecular weight excluding hydrogens is 330 g/mol. The Morgan fingerprint density at radius 1 is 1.27 bits per heavy atom. The molecule has 1 unspecified atom stereocenters. The summed E-state index contributed by atoms with van der Waals surface area (Å²) in [5, 5.41) is 3.38. The van der Waals surface area contributed by atoms with Gasteiger partial charge in [0.15, 0.2) is 5.65 Å². The third-order valence-electron chi connectivity index (χ3n) is 5.23. The summed E-state index contributed by atoms with van der Waals surface area (Å²) in [6.07, 6.45) is 3.74. The molecule has 132 valence electrons. The van der Waals surface area contributed by atoms with E-state index in [1.807, 2.05) is 23.1 Å². The van der Waals surface area contributed by atoms with E-state index < -0.39 is 0 Å². The lowest BCUT2D eigenvalue weighted by molar-refractivity contribution is 0.0674. The monoisotopic (exact) mass is 349 g/mol. The minimum absolute atomic E-state index is 0.120. The number of nitrogens with zero attached hydrogens (tertiary/aromatic N) is 4. The zero-order valence-corrected chi connectivity index (χ0v) is 14.2. The van der Waals surface area contributed by atoms with E-state index in [0.717, 1.165) is 48.1 Å². The number of hydrogen-bond donors (Lipinski definition) is 3. The van der Waals surface area contributed by atoms with Crippen molar-refractivity contribution in [3.05, 3.63) is 35.7 Å². The quantitative estimate of drug-likeness (QED) is 0.643. The molecule has 1 saturated heterocycles. The van der Waals surface area contributed by atoms with Crippen LogP contribution in [0.4, 0.5) is 5.95 Å². The fourth-order valence-electron chi connectivity index (χ4n) is 3.94. The number of amides is 1. The molecule has 1 atom stereocenters. The number of rotatable bonds is 2. The van der Waals surface area contributed by atoms with Gasteiger partial charge in [-0.25, -0.2) is 9.97 Å². The van der Waals surface area contributed by atoms with Crippen molar-refractivity contribution in [1.29, 1.82) is 0 Å². The molecule has 2 aromatic heterocycles. The third kappa shape index (κ3) is 2.33. The highest BCUT2D eigenvalue weighted by Gasteiger charge is 2.33. The van der Waals surface area contributed by atoms with Crippen molar-refractivity contribution in [3.63, 3.8) is 0 Å². The number of nitrogens with two attached hydrogens (primary N) is 1. The van der Waals surface area contributed by atoms with Crippen molar-refractivity contribution in [2.45, 2.75) is 25.4 Å². The normalized spacial score (nSPS) is 19.9. The molecule has 1 amide bonds. The summed E-state index contributed by atoms with van der Waals surface area (Å²) in [6, 6.07) is 6.11. The number of H-pyrrole nitrogens is 1. The molecule has 2 aliphatic heterocycles. The zero-order valence-electron chi connectivity index (χ0n) is 14.2. The van der Waals surface area contributed by atoms with Gasteiger partial charge in [-0.05, 0) is 37.1 Å². The molecule has 5 rings (SSSR count). The number of anilines is 1. The van der Waals surface area contributed by atoms with E-state index >= 15 is 0 Å². The van der Waals surface area contributed by atoms with Crippen LogP contribution in [0.5, 0.6) is 0 Å². The van der Waals surface area contributed by atoms with Crippen molar-refractivity contribution in [3.8, 4) is 11.3 Å². The van der Waals surface area contributed by atoms with Crippen LogP contribution < -0.4 is 11.1 Å². The minimum atomic E-state index is 0.120. The van der Waals surface area contributed by atoms with Crippen LogP contribution in [-0.2, 0) is 6.54 Å². The maximum absolute atomic E-state index is 12.8. The van der Waals surface area contributed by atoms with Crippen molar-refractivity contribution in [1.82, 2.24) is 30.2 Å². The number of nitrogens with one attached hydrogen (secondary N) is 2. The predicted octanol–water partition coefficient (Wildman–Crippen LogP) is 1.31. The second-order valence-corrected chi connectivity index (χ2v) is 6.84. The van der Waals surface area contributed by atoms with Crippen LogP contribution in [0.1, 0.15) is 28.8 Å². The largest absolute Gasteiger partial charge is 0.368 e. The van der Waals surface area contributed by atoms with Crippen LogP contribution in [0.2, 0.25) is 0 Å². The minimum Gasteiger partial charge on any atom is -0.368 e. The van der Waals surface area contributed by atoms with Gasteiger partial charge < -0.3 is 20.9 Å². The fourth-order valence-corrected chi connectivity index (χ4v) is 3.94. The van der Waals surface area contributed by atoms with Crippen LogP contribution in [0.3, 0.4) is 0 Å². The van der Waals surface area contributed by atoms with Gasteiger partial charge in [0.05, 0.1) is 6.33 Å². The summed E-state index contributed by atoms with van der Waals surface area (Å²) < 4.78 is 0. The van der Waals surface area contributed by atoms with Crippen molar-refractivity contribution in [2.75, 3.05) is 18.8 Å². The second kappa shape index (κ2) is 5.77. The van der Waals surface area contributed by atoms with Gasteiger partial charge in [0.1, 0.15) is 11.2 Å². The number of fused-ring (bicyclic) bond motifs is 2. The highest BCUT2D eigenvalue weighted by molar-refractivity contribution is 5.99. The number of aromatic amines is 1. The molecule has 0 bridgehead atoms. The molecule has 3 aromatic rings. The van der Waals surface area contributed by atoms with Crippen LogP contribution >= 0.6 is 0 Å². The Morgan fingerprint density at radius 3 is 3.04 bits per heavy atom. The Balaban J connectivity index is 1.53. The Kier molecular flexibility index (Phi) is 3.39. The molecule has 0 aliphatic carbocycles. The lowest BCUT2D eigenvalue weighted by Crippen LogP contribution is -2.46. The van der Waals surface area contributed by atoms with Gasteiger partial charge in [-0.15, -0.1) is 0 Å². The summed E-state index contributed by atoms with van der Waals surface area (Å²) in [4.78, 5) is 30.6. The number of carbonyl (C=O) groups is 1. The predicted molar refractivity (Wildman–Crippen MR) is 97.3 cm³/mol. The van der Waals surface area contributed by atoms with Gasteiger partial charge in [-0.2, -0.15) is 4.98 Å². The maximum atomic E-state index is 12.8. The van der Waals surface area contributed by atoms with Gasteiger partial charge in [0.2, 0.25) is 5.95 Å². The van der Waals surface area contributed by atoms with Gasteiger partial charge in [0, 0.05) is 30.3 Å². The topological polar surface area (TPSA) is 113 Å². The smallest absolute Gasteiger partial charge is 0.254 e. The fraction of sp³-hybridized carbons (Fsp3) is 0.333. The van der Waals surface area contributed by atoms with Gasteiger partial charge in [0.25, 0.3) is 5.91 Å². The average molecular weight is 349 g/mol. The molecule has 4 N–H and O–H groups in total. The summed E-state index contributed by atoms with van der Waals surface area (Å²) >= 11 is 0. The summed E-state index contributed by atoms with van der Waals surface area (Å²) in [5.74, 6) is 0.306. The van der Waals surface area contributed by atoms with Crippen molar-refractivity contribution < 1.29 is 4.79 Å². The summed E-state index contributed by atoms with van der Waals surface area (Å²) in [7, 11) is 0. The van der Waals surface area contributed by atoms with Gasteiger partial charge in [-0.1, -0.05) is 6.07 Å². The number of nitrogen functional groups attached to an aromatic ring is 1. The van der Waals surface area contributed by atoms with Crippen molar-refractivity contribution >= 4 is 23.0 Å². The van der Waals surface area contributed by atoms with E-state index in [9.17, 15) is 4.79 Å². The van der Waals surface area contributed by atoms with Gasteiger partial charge in [-0.3, -0.25) is 4.79 Å². The maximum Gasteiger partial charge on any atom is 0.254 e. The van der Waals surface area contributed by atoms with Crippen LogP contribution in [0, 0.1) is 0 Å². The molecular formula is C18H19N7O. The number of benzene rings is 1. The molecule has 2 aliphatic rings. The Morgan fingerprint density at radius 2 is 2.19 bits per heavy atom. The Labute approximate surface area is 149 Å². The Hall–Kier alpha value is -3.00. The summed E-state index contributed by atoms with van der Waals surface area (Å²) in [6.45, 7) is 2.54. The molecule has 8 nitrogen and oxygen atoms in total. The van der Waals surface area contributed by atoms with E-state index in [1.54, 1.807) is 6.33 Å². The van der Waals surface area contributed by atoms with E-state index in [4.69, 9.17) is 5.73 Å². The molecule has 26 heavy (non-hydrogen) atoms. The molecule has 1 aromatic carbocycles. The number of hydrogen-bond acceptors (Lipinski definition) is 6. The highest BCUT2D eigenvalue weighted by atomic mass is 16.2. The third-order valence-corrected chi connectivity index (χ3v) is 5.23. The first-order valence-electron chi connectivity index (χ1n) is 8.82. The van der Waals surface area contributed by atoms with Crippen LogP contribution in [0.15, 0.2) is 24.5 Å². The number of imidazole rings is 1. The van der Waals surface area contributed by atoms with E-state index in [-0.39, 0.29) is 17.9 Å². The second-order valence-electron chi connectivity index (χ2n) is 6.84. The van der Waals surface area contributed by atoms with Crippen molar-refractivity contribution in [2.24, 2.45) is 0 Å².